The van der Waals surface area contributed by atoms with Crippen LogP contribution in [0.2, 0.25) is 0 Å². The molecule has 0 bridgehead atoms. The van der Waals surface area contributed by atoms with Gasteiger partial charge < -0.3 is 5.32 Å². The number of pyridine rings is 1. The van der Waals surface area contributed by atoms with Gasteiger partial charge in [-0.25, -0.2) is 4.98 Å². The highest BCUT2D eigenvalue weighted by molar-refractivity contribution is 5.43. The van der Waals surface area contributed by atoms with Crippen LogP contribution in [0.4, 0.5) is 11.5 Å². The molecule has 1 saturated carbocycles. The third-order valence-corrected chi connectivity index (χ3v) is 3.51. The molecule has 0 saturated heterocycles. The molecule has 5 nitrogen and oxygen atoms in total. The van der Waals surface area contributed by atoms with Crippen LogP contribution in [0.1, 0.15) is 24.4 Å². The minimum Gasteiger partial charge on any atom is -0.363 e. The molecule has 1 heterocycles. The molecule has 0 radical (unpaired) electrons. The zero-order chi connectivity index (χ0) is 13.9. The van der Waals surface area contributed by atoms with Crippen LogP contribution in [0, 0.1) is 16.0 Å². The van der Waals surface area contributed by atoms with Crippen molar-refractivity contribution < 1.29 is 4.92 Å². The lowest BCUT2D eigenvalue weighted by molar-refractivity contribution is -0.385. The second kappa shape index (κ2) is 5.28. The van der Waals surface area contributed by atoms with Gasteiger partial charge in [0.1, 0.15) is 12.0 Å². The van der Waals surface area contributed by atoms with E-state index in [4.69, 9.17) is 0 Å². The molecular formula is C15H15N3O2. The molecule has 5 heteroatoms. The van der Waals surface area contributed by atoms with E-state index in [1.807, 2.05) is 18.2 Å². The maximum Gasteiger partial charge on any atom is 0.287 e. The SMILES string of the molecule is O=[N+]([O-])c1ccc(N[C@@H](c2ccccc2)C2CC2)nc1. The van der Waals surface area contributed by atoms with Crippen LogP contribution < -0.4 is 5.32 Å². The molecule has 1 N–H and O–H groups in total. The number of hydrogen-bond acceptors (Lipinski definition) is 4. The molecule has 0 aliphatic heterocycles. The Labute approximate surface area is 116 Å². The molecule has 102 valence electrons. The maximum absolute atomic E-state index is 10.6. The zero-order valence-electron chi connectivity index (χ0n) is 10.9. The maximum atomic E-state index is 10.6. The highest BCUT2D eigenvalue weighted by atomic mass is 16.6. The molecule has 1 fully saturated rings. The Morgan fingerprint density at radius 3 is 2.50 bits per heavy atom. The fraction of sp³-hybridized carbons (Fsp3) is 0.267. The van der Waals surface area contributed by atoms with Gasteiger partial charge in [-0.3, -0.25) is 10.1 Å². The average molecular weight is 269 g/mol. The van der Waals surface area contributed by atoms with E-state index < -0.39 is 4.92 Å². The minimum absolute atomic E-state index is 0.0123. The molecule has 1 aromatic carbocycles. The summed E-state index contributed by atoms with van der Waals surface area (Å²) in [4.78, 5) is 14.3. The van der Waals surface area contributed by atoms with Crippen LogP contribution in [0.25, 0.3) is 0 Å². The number of hydrogen-bond donors (Lipinski definition) is 1. The van der Waals surface area contributed by atoms with Crippen LogP contribution in [0.5, 0.6) is 0 Å². The number of nitro groups is 1. The number of anilines is 1. The summed E-state index contributed by atoms with van der Waals surface area (Å²) in [6.45, 7) is 0. The van der Waals surface area contributed by atoms with Crippen molar-refractivity contribution in [3.63, 3.8) is 0 Å². The highest BCUT2D eigenvalue weighted by Crippen LogP contribution is 2.42. The van der Waals surface area contributed by atoms with Crippen LogP contribution in [-0.2, 0) is 0 Å². The first-order valence-electron chi connectivity index (χ1n) is 6.66. The molecule has 1 atom stereocenters. The van der Waals surface area contributed by atoms with Crippen molar-refractivity contribution in [1.82, 2.24) is 4.98 Å². The van der Waals surface area contributed by atoms with Crippen LogP contribution in [-0.4, -0.2) is 9.91 Å². The number of benzene rings is 1. The second-order valence-electron chi connectivity index (χ2n) is 5.03. The number of nitrogens with one attached hydrogen (secondary N) is 1. The van der Waals surface area contributed by atoms with Gasteiger partial charge in [0.2, 0.25) is 0 Å². The molecule has 1 aliphatic carbocycles. The molecule has 1 aromatic heterocycles. The van der Waals surface area contributed by atoms with E-state index in [1.54, 1.807) is 6.07 Å². The van der Waals surface area contributed by atoms with E-state index in [1.165, 1.54) is 30.7 Å². The summed E-state index contributed by atoms with van der Waals surface area (Å²) in [5.74, 6) is 1.30. The summed E-state index contributed by atoms with van der Waals surface area (Å²) in [6.07, 6.45) is 3.70. The standard InChI is InChI=1S/C15H15N3O2/c19-18(20)13-8-9-14(16-10-13)17-15(12-6-7-12)11-4-2-1-3-5-11/h1-5,8-10,12,15H,6-7H2,(H,16,17)/t15-/m0/s1. The Hall–Kier alpha value is -2.43. The van der Waals surface area contributed by atoms with Crippen molar-refractivity contribution in [1.29, 1.82) is 0 Å². The number of rotatable bonds is 5. The number of aromatic nitrogens is 1. The van der Waals surface area contributed by atoms with Crippen LogP contribution in [0.3, 0.4) is 0 Å². The summed E-state index contributed by atoms with van der Waals surface area (Å²) in [7, 11) is 0. The van der Waals surface area contributed by atoms with Crippen molar-refractivity contribution in [2.75, 3.05) is 5.32 Å². The first-order chi connectivity index (χ1) is 9.74. The van der Waals surface area contributed by atoms with Gasteiger partial charge in [-0.15, -0.1) is 0 Å². The molecule has 0 spiro atoms. The smallest absolute Gasteiger partial charge is 0.287 e. The quantitative estimate of drug-likeness (QED) is 0.665. The third kappa shape index (κ3) is 2.77. The Balaban J connectivity index is 1.78. The zero-order valence-corrected chi connectivity index (χ0v) is 10.9. The minimum atomic E-state index is -0.438. The normalized spacial score (nSPS) is 15.6. The van der Waals surface area contributed by atoms with Gasteiger partial charge in [0, 0.05) is 6.07 Å². The van der Waals surface area contributed by atoms with Gasteiger partial charge in [0.25, 0.3) is 5.69 Å². The first-order valence-corrected chi connectivity index (χ1v) is 6.66. The highest BCUT2D eigenvalue weighted by Gasteiger charge is 2.32. The van der Waals surface area contributed by atoms with Gasteiger partial charge in [0.05, 0.1) is 11.0 Å². The molecule has 0 amide bonds. The molecule has 1 aliphatic rings. The molecule has 2 aromatic rings. The van der Waals surface area contributed by atoms with E-state index in [-0.39, 0.29) is 11.7 Å². The monoisotopic (exact) mass is 269 g/mol. The van der Waals surface area contributed by atoms with Crippen LogP contribution >= 0.6 is 0 Å². The summed E-state index contributed by atoms with van der Waals surface area (Å²) < 4.78 is 0. The van der Waals surface area contributed by atoms with Crippen molar-refractivity contribution in [3.05, 3.63) is 64.3 Å². The average Bonchev–Trinajstić information content (AvgIpc) is 3.31. The summed E-state index contributed by atoms with van der Waals surface area (Å²) in [5, 5.41) is 14.0. The van der Waals surface area contributed by atoms with Gasteiger partial charge in [-0.1, -0.05) is 30.3 Å². The van der Waals surface area contributed by atoms with Crippen molar-refractivity contribution >= 4 is 11.5 Å². The molecule has 0 unspecified atom stereocenters. The lowest BCUT2D eigenvalue weighted by Gasteiger charge is -2.19. The molecule has 3 rings (SSSR count). The summed E-state index contributed by atoms with van der Waals surface area (Å²) in [6, 6.07) is 13.6. The Morgan fingerprint density at radius 2 is 1.95 bits per heavy atom. The van der Waals surface area contributed by atoms with Crippen molar-refractivity contribution in [2.24, 2.45) is 5.92 Å². The van der Waals surface area contributed by atoms with Gasteiger partial charge >= 0.3 is 0 Å². The lowest BCUT2D eigenvalue weighted by atomic mass is 10.0. The fourth-order valence-electron chi connectivity index (χ4n) is 2.30. The van der Waals surface area contributed by atoms with Gasteiger partial charge in [-0.2, -0.15) is 0 Å². The number of nitrogens with zero attached hydrogens (tertiary/aromatic N) is 2. The largest absolute Gasteiger partial charge is 0.363 e. The van der Waals surface area contributed by atoms with E-state index in [2.05, 4.69) is 22.4 Å². The Bertz CT molecular complexity index is 594. The summed E-state index contributed by atoms with van der Waals surface area (Å²) >= 11 is 0. The van der Waals surface area contributed by atoms with E-state index in [0.717, 1.165) is 0 Å². The van der Waals surface area contributed by atoms with Crippen LogP contribution in [0.15, 0.2) is 48.7 Å². The van der Waals surface area contributed by atoms with Gasteiger partial charge in [-0.05, 0) is 30.4 Å². The fourth-order valence-corrected chi connectivity index (χ4v) is 2.30. The predicted octanol–water partition coefficient (Wildman–Crippen LogP) is 3.55. The molecular weight excluding hydrogens is 254 g/mol. The van der Waals surface area contributed by atoms with E-state index in [9.17, 15) is 10.1 Å². The predicted molar refractivity (Wildman–Crippen MR) is 76.4 cm³/mol. The van der Waals surface area contributed by atoms with Crippen molar-refractivity contribution in [2.45, 2.75) is 18.9 Å². The molecule has 20 heavy (non-hydrogen) atoms. The Kier molecular flexibility index (Phi) is 3.33. The van der Waals surface area contributed by atoms with E-state index >= 15 is 0 Å². The lowest BCUT2D eigenvalue weighted by Crippen LogP contribution is -2.13. The second-order valence-corrected chi connectivity index (χ2v) is 5.03. The van der Waals surface area contributed by atoms with E-state index in [0.29, 0.717) is 11.7 Å². The van der Waals surface area contributed by atoms with Crippen molar-refractivity contribution in [3.8, 4) is 0 Å². The van der Waals surface area contributed by atoms with Gasteiger partial charge in [0.15, 0.2) is 0 Å². The first kappa shape index (κ1) is 12.6. The topological polar surface area (TPSA) is 68.1 Å². The Morgan fingerprint density at radius 1 is 1.20 bits per heavy atom. The third-order valence-electron chi connectivity index (χ3n) is 3.51. The summed E-state index contributed by atoms with van der Waals surface area (Å²) in [5.41, 5.74) is 1.24.